The van der Waals surface area contributed by atoms with Crippen LogP contribution in [0, 0.1) is 5.92 Å². The van der Waals surface area contributed by atoms with Crippen molar-refractivity contribution in [2.45, 2.75) is 58.3 Å². The summed E-state index contributed by atoms with van der Waals surface area (Å²) in [6.07, 6.45) is 9.99. The fraction of sp³-hybridized carbons (Fsp3) is 0.688. The molecule has 0 radical (unpaired) electrons. The number of rotatable bonds is 8. The Labute approximate surface area is 122 Å². The van der Waals surface area contributed by atoms with Gasteiger partial charge in [0.15, 0.2) is 0 Å². The highest BCUT2D eigenvalue weighted by atomic mass is 35.5. The van der Waals surface area contributed by atoms with Crippen molar-refractivity contribution in [3.63, 3.8) is 0 Å². The smallest absolute Gasteiger partial charge is 0.330 e. The van der Waals surface area contributed by atoms with Crippen LogP contribution in [0.15, 0.2) is 23.8 Å². The summed E-state index contributed by atoms with van der Waals surface area (Å²) in [4.78, 5) is 10.9. The van der Waals surface area contributed by atoms with Crippen LogP contribution in [0.4, 0.5) is 0 Å². The molecule has 0 aromatic heterocycles. The number of carbonyl (C=O) groups excluding carboxylic acids is 1. The molecule has 2 nitrogen and oxygen atoms in total. The van der Waals surface area contributed by atoms with E-state index in [0.29, 0.717) is 5.92 Å². The topological polar surface area (TPSA) is 26.3 Å². The molecule has 0 aliphatic rings. The number of allylic oxidation sites excluding steroid dienone is 3. The number of alkyl halides is 1. The Kier molecular flexibility index (Phi) is 8.82. The molecular weight excluding hydrogens is 260 g/mol. The van der Waals surface area contributed by atoms with E-state index in [1.165, 1.54) is 19.6 Å². The predicted molar refractivity (Wildman–Crippen MR) is 82.5 cm³/mol. The molecule has 0 amide bonds. The van der Waals surface area contributed by atoms with Crippen molar-refractivity contribution in [3.05, 3.63) is 23.8 Å². The fourth-order valence-electron chi connectivity index (χ4n) is 1.77. The van der Waals surface area contributed by atoms with E-state index in [4.69, 9.17) is 11.6 Å². The molecule has 1 unspecified atom stereocenters. The summed E-state index contributed by atoms with van der Waals surface area (Å²) in [6, 6.07) is 0. The normalized spacial score (nSPS) is 14.7. The first-order chi connectivity index (χ1) is 8.74. The van der Waals surface area contributed by atoms with Gasteiger partial charge in [-0.05, 0) is 45.1 Å². The molecule has 0 aromatic rings. The van der Waals surface area contributed by atoms with Gasteiger partial charge in [-0.25, -0.2) is 4.79 Å². The summed E-state index contributed by atoms with van der Waals surface area (Å²) in [5.41, 5.74) is 0.918. The molecule has 110 valence electrons. The first-order valence-corrected chi connectivity index (χ1v) is 7.24. The van der Waals surface area contributed by atoms with Crippen molar-refractivity contribution in [2.75, 3.05) is 7.11 Å². The number of esters is 1. The monoisotopic (exact) mass is 286 g/mol. The molecule has 0 bridgehead atoms. The van der Waals surface area contributed by atoms with E-state index >= 15 is 0 Å². The number of hydrogen-bond acceptors (Lipinski definition) is 2. The molecule has 3 heteroatoms. The Hall–Kier alpha value is -0.760. The lowest BCUT2D eigenvalue weighted by molar-refractivity contribution is -0.134. The van der Waals surface area contributed by atoms with Crippen molar-refractivity contribution >= 4 is 17.6 Å². The number of halogens is 1. The van der Waals surface area contributed by atoms with Crippen molar-refractivity contribution in [1.82, 2.24) is 0 Å². The van der Waals surface area contributed by atoms with Crippen molar-refractivity contribution in [3.8, 4) is 0 Å². The number of hydrogen-bond donors (Lipinski definition) is 0. The third-order valence-corrected chi connectivity index (χ3v) is 3.12. The number of ether oxygens (including phenoxy) is 1. The largest absolute Gasteiger partial charge is 0.466 e. The molecule has 19 heavy (non-hydrogen) atoms. The van der Waals surface area contributed by atoms with Crippen molar-refractivity contribution < 1.29 is 9.53 Å². The molecular formula is C16H27ClO2. The van der Waals surface area contributed by atoms with Crippen LogP contribution >= 0.6 is 11.6 Å². The lowest BCUT2D eigenvalue weighted by atomic mass is 9.96. The van der Waals surface area contributed by atoms with Gasteiger partial charge in [-0.2, -0.15) is 0 Å². The predicted octanol–water partition coefficient (Wildman–Crippen LogP) is 4.88. The van der Waals surface area contributed by atoms with Gasteiger partial charge >= 0.3 is 5.97 Å². The van der Waals surface area contributed by atoms with Crippen LogP contribution in [0.25, 0.3) is 0 Å². The quantitative estimate of drug-likeness (QED) is 0.275. The second-order valence-electron chi connectivity index (χ2n) is 5.77. The van der Waals surface area contributed by atoms with Crippen LogP contribution in [0.3, 0.4) is 0 Å². The zero-order valence-corrected chi connectivity index (χ0v) is 13.6. The molecule has 0 rings (SSSR count). The van der Waals surface area contributed by atoms with Crippen LogP contribution in [0.2, 0.25) is 0 Å². The molecule has 0 spiro atoms. The zero-order valence-electron chi connectivity index (χ0n) is 12.8. The number of methoxy groups -OCH3 is 1. The van der Waals surface area contributed by atoms with E-state index in [0.717, 1.165) is 24.8 Å². The summed E-state index contributed by atoms with van der Waals surface area (Å²) >= 11 is 6.16. The lowest BCUT2D eigenvalue weighted by Crippen LogP contribution is -2.10. The lowest BCUT2D eigenvalue weighted by Gasteiger charge is -2.16. The highest BCUT2D eigenvalue weighted by Crippen LogP contribution is 2.23. The average Bonchev–Trinajstić information content (AvgIpc) is 2.26. The molecule has 0 aliphatic heterocycles. The van der Waals surface area contributed by atoms with E-state index in [9.17, 15) is 4.79 Å². The Bertz CT molecular complexity index is 324. The minimum Gasteiger partial charge on any atom is -0.466 e. The summed E-state index contributed by atoms with van der Waals surface area (Å²) in [5, 5.41) is 0. The van der Waals surface area contributed by atoms with Gasteiger partial charge in [-0.1, -0.05) is 31.9 Å². The Morgan fingerprint density at radius 1 is 1.42 bits per heavy atom. The summed E-state index contributed by atoms with van der Waals surface area (Å²) < 4.78 is 4.57. The third kappa shape index (κ3) is 12.0. The summed E-state index contributed by atoms with van der Waals surface area (Å²) in [5.74, 6) is 0.334. The SMILES string of the molecule is COC(=O)C=C(C)C=CCC(C)CCCC(C)(C)Cl. The van der Waals surface area contributed by atoms with Crippen LogP contribution < -0.4 is 0 Å². The first kappa shape index (κ1) is 18.2. The van der Waals surface area contributed by atoms with Crippen molar-refractivity contribution in [2.24, 2.45) is 5.92 Å². The second kappa shape index (κ2) is 9.19. The minimum atomic E-state index is -0.306. The summed E-state index contributed by atoms with van der Waals surface area (Å²) in [6.45, 7) is 8.25. The molecule has 0 fully saturated rings. The van der Waals surface area contributed by atoms with Gasteiger partial charge in [0.25, 0.3) is 0 Å². The standard InChI is InChI=1S/C16H27ClO2/c1-13(10-7-11-16(3,4)17)8-6-9-14(2)12-15(18)19-5/h6,9,12-13H,7-8,10-11H2,1-5H3. The van der Waals surface area contributed by atoms with E-state index in [1.54, 1.807) is 0 Å². The zero-order chi connectivity index (χ0) is 14.9. The van der Waals surface area contributed by atoms with Crippen molar-refractivity contribution in [1.29, 1.82) is 0 Å². The second-order valence-corrected chi connectivity index (χ2v) is 6.79. The minimum absolute atomic E-state index is 0.0879. The van der Waals surface area contributed by atoms with Crippen LogP contribution in [0.5, 0.6) is 0 Å². The van der Waals surface area contributed by atoms with Gasteiger partial charge in [0.1, 0.15) is 0 Å². The van der Waals surface area contributed by atoms with E-state index in [1.807, 2.05) is 13.0 Å². The Morgan fingerprint density at radius 3 is 2.58 bits per heavy atom. The van der Waals surface area contributed by atoms with Gasteiger partial charge in [0.05, 0.1) is 7.11 Å². The van der Waals surface area contributed by atoms with E-state index < -0.39 is 0 Å². The maximum atomic E-state index is 11.0. The maximum absolute atomic E-state index is 11.0. The van der Waals surface area contributed by atoms with Gasteiger partial charge in [-0.3, -0.25) is 0 Å². The van der Waals surface area contributed by atoms with Gasteiger partial charge in [0.2, 0.25) is 0 Å². The molecule has 0 heterocycles. The fourth-order valence-corrected chi connectivity index (χ4v) is 1.90. The molecule has 1 atom stereocenters. The highest BCUT2D eigenvalue weighted by Gasteiger charge is 2.12. The summed E-state index contributed by atoms with van der Waals surface area (Å²) in [7, 11) is 1.39. The maximum Gasteiger partial charge on any atom is 0.330 e. The van der Waals surface area contributed by atoms with Gasteiger partial charge < -0.3 is 4.74 Å². The first-order valence-electron chi connectivity index (χ1n) is 6.86. The van der Waals surface area contributed by atoms with Crippen LogP contribution in [0.1, 0.15) is 53.4 Å². The average molecular weight is 287 g/mol. The van der Waals surface area contributed by atoms with Crippen LogP contribution in [-0.2, 0) is 9.53 Å². The van der Waals surface area contributed by atoms with E-state index in [2.05, 4.69) is 31.6 Å². The molecule has 0 saturated carbocycles. The third-order valence-electron chi connectivity index (χ3n) is 2.93. The molecule has 0 aromatic carbocycles. The van der Waals surface area contributed by atoms with E-state index in [-0.39, 0.29) is 10.8 Å². The molecule has 0 saturated heterocycles. The van der Waals surface area contributed by atoms with Gasteiger partial charge in [0, 0.05) is 11.0 Å². The van der Waals surface area contributed by atoms with Gasteiger partial charge in [-0.15, -0.1) is 11.6 Å². The Morgan fingerprint density at radius 2 is 2.05 bits per heavy atom. The molecule has 0 N–H and O–H groups in total. The highest BCUT2D eigenvalue weighted by molar-refractivity contribution is 6.23. The Balaban J connectivity index is 3.93. The molecule has 0 aliphatic carbocycles. The van der Waals surface area contributed by atoms with Crippen LogP contribution in [-0.4, -0.2) is 18.0 Å². The number of carbonyl (C=O) groups is 1.